The Balaban J connectivity index is 1.79. The molecule has 2 N–H and O–H groups in total. The third kappa shape index (κ3) is 4.74. The van der Waals surface area contributed by atoms with Crippen molar-refractivity contribution in [2.75, 3.05) is 32.1 Å². The van der Waals surface area contributed by atoms with E-state index < -0.39 is 11.8 Å². The molecular weight excluding hydrogens is 317 g/mol. The fourth-order valence-electron chi connectivity index (χ4n) is 2.52. The van der Waals surface area contributed by atoms with Gasteiger partial charge < -0.3 is 25.0 Å². The highest BCUT2D eigenvalue weighted by Crippen LogP contribution is 2.20. The zero-order chi connectivity index (χ0) is 17.5. The summed E-state index contributed by atoms with van der Waals surface area (Å²) in [4.78, 5) is 25.2. The predicted octanol–water partition coefficient (Wildman–Crippen LogP) is 2.58. The number of nitrogens with zero attached hydrogens (tertiary/aromatic N) is 1. The molecule has 132 valence electrons. The Kier molecular flexibility index (Phi) is 6.22. The maximum absolute atomic E-state index is 13.6. The number of methoxy groups -OCH3 is 1. The van der Waals surface area contributed by atoms with Crippen LogP contribution in [0.25, 0.3) is 0 Å². The molecule has 0 spiro atoms. The fraction of sp³-hybridized carbons (Fsp3) is 0.500. The molecule has 1 aromatic carbocycles. The number of nitrogens with one attached hydrogen (secondary N) is 2. The summed E-state index contributed by atoms with van der Waals surface area (Å²) in [5, 5.41) is 5.41. The van der Waals surface area contributed by atoms with Gasteiger partial charge in [-0.1, -0.05) is 0 Å². The van der Waals surface area contributed by atoms with Crippen LogP contribution in [0.2, 0.25) is 0 Å². The number of hydrogen-bond donors (Lipinski definition) is 2. The SMILES string of the molecule is CCOC(=O)N1CCC(NC(=O)Nc2ccc(OC)c(F)c2)CC1. The lowest BCUT2D eigenvalue weighted by Crippen LogP contribution is -2.47. The number of hydrogen-bond acceptors (Lipinski definition) is 4. The van der Waals surface area contributed by atoms with Gasteiger partial charge in [0.05, 0.1) is 13.7 Å². The van der Waals surface area contributed by atoms with Gasteiger partial charge in [-0.15, -0.1) is 0 Å². The minimum absolute atomic E-state index is 0.0428. The van der Waals surface area contributed by atoms with Gasteiger partial charge in [0.2, 0.25) is 0 Å². The maximum Gasteiger partial charge on any atom is 0.409 e. The van der Waals surface area contributed by atoms with Crippen LogP contribution in [-0.4, -0.2) is 49.9 Å². The van der Waals surface area contributed by atoms with E-state index in [9.17, 15) is 14.0 Å². The van der Waals surface area contributed by atoms with Crippen molar-refractivity contribution in [3.05, 3.63) is 24.0 Å². The van der Waals surface area contributed by atoms with Crippen molar-refractivity contribution in [3.8, 4) is 5.75 Å². The number of likely N-dealkylation sites (tertiary alicyclic amines) is 1. The van der Waals surface area contributed by atoms with E-state index in [2.05, 4.69) is 10.6 Å². The van der Waals surface area contributed by atoms with Crippen molar-refractivity contribution in [1.29, 1.82) is 0 Å². The van der Waals surface area contributed by atoms with Crippen LogP contribution in [0.3, 0.4) is 0 Å². The van der Waals surface area contributed by atoms with Gasteiger partial charge in [-0.05, 0) is 31.9 Å². The minimum atomic E-state index is -0.543. The Labute approximate surface area is 140 Å². The van der Waals surface area contributed by atoms with Gasteiger partial charge >= 0.3 is 12.1 Å². The van der Waals surface area contributed by atoms with E-state index in [1.54, 1.807) is 17.9 Å². The highest BCUT2D eigenvalue weighted by molar-refractivity contribution is 5.89. The van der Waals surface area contributed by atoms with E-state index >= 15 is 0 Å². The molecule has 8 heteroatoms. The zero-order valence-electron chi connectivity index (χ0n) is 13.8. The monoisotopic (exact) mass is 339 g/mol. The standard InChI is InChI=1S/C16H22FN3O4/c1-3-24-16(22)20-8-6-11(7-9-20)18-15(21)19-12-4-5-14(23-2)13(17)10-12/h4-5,10-11H,3,6-9H2,1-2H3,(H2,18,19,21). The molecule has 1 heterocycles. The normalized spacial score (nSPS) is 14.9. The lowest BCUT2D eigenvalue weighted by molar-refractivity contribution is 0.0959. The van der Waals surface area contributed by atoms with Crippen molar-refractivity contribution in [3.63, 3.8) is 0 Å². The van der Waals surface area contributed by atoms with Gasteiger partial charge in [-0.25, -0.2) is 14.0 Å². The number of carbonyl (C=O) groups excluding carboxylic acids is 2. The third-order valence-corrected chi connectivity index (χ3v) is 3.77. The number of urea groups is 1. The van der Waals surface area contributed by atoms with Gasteiger partial charge in [0, 0.05) is 30.9 Å². The topological polar surface area (TPSA) is 79.9 Å². The molecule has 0 unspecified atom stereocenters. The molecule has 1 aliphatic heterocycles. The first-order valence-corrected chi connectivity index (χ1v) is 7.86. The number of halogens is 1. The molecule has 7 nitrogen and oxygen atoms in total. The largest absolute Gasteiger partial charge is 0.494 e. The van der Waals surface area contributed by atoms with E-state index in [0.717, 1.165) is 0 Å². The summed E-state index contributed by atoms with van der Waals surface area (Å²) < 4.78 is 23.4. The minimum Gasteiger partial charge on any atom is -0.494 e. The van der Waals surface area contributed by atoms with Crippen molar-refractivity contribution >= 4 is 17.8 Å². The van der Waals surface area contributed by atoms with Crippen LogP contribution in [0.15, 0.2) is 18.2 Å². The van der Waals surface area contributed by atoms with Crippen molar-refractivity contribution < 1.29 is 23.5 Å². The molecule has 0 bridgehead atoms. The van der Waals surface area contributed by atoms with Crippen molar-refractivity contribution in [2.24, 2.45) is 0 Å². The highest BCUT2D eigenvalue weighted by atomic mass is 19.1. The molecule has 2 rings (SSSR count). The number of benzene rings is 1. The molecule has 3 amide bonds. The van der Waals surface area contributed by atoms with Crippen LogP contribution in [-0.2, 0) is 4.74 Å². The Morgan fingerprint density at radius 2 is 2.04 bits per heavy atom. The summed E-state index contributed by atoms with van der Waals surface area (Å²) in [7, 11) is 1.38. The number of amides is 3. The molecule has 0 saturated carbocycles. The van der Waals surface area contributed by atoms with Crippen LogP contribution >= 0.6 is 0 Å². The number of ether oxygens (including phenoxy) is 2. The molecule has 1 aromatic rings. The van der Waals surface area contributed by atoms with E-state index in [1.807, 2.05) is 0 Å². The van der Waals surface area contributed by atoms with Crippen LogP contribution < -0.4 is 15.4 Å². The number of piperidine rings is 1. The summed E-state index contributed by atoms with van der Waals surface area (Å²) in [5.41, 5.74) is 0.342. The lowest BCUT2D eigenvalue weighted by atomic mass is 10.1. The van der Waals surface area contributed by atoms with Gasteiger partial charge in [0.25, 0.3) is 0 Å². The summed E-state index contributed by atoms with van der Waals surface area (Å²) in [6, 6.07) is 3.75. The second-order valence-electron chi connectivity index (χ2n) is 5.41. The Morgan fingerprint density at radius 1 is 1.33 bits per heavy atom. The van der Waals surface area contributed by atoms with Crippen LogP contribution in [0.5, 0.6) is 5.75 Å². The molecule has 1 fully saturated rings. The lowest BCUT2D eigenvalue weighted by Gasteiger charge is -2.31. The second-order valence-corrected chi connectivity index (χ2v) is 5.41. The third-order valence-electron chi connectivity index (χ3n) is 3.77. The van der Waals surface area contributed by atoms with Crippen molar-refractivity contribution in [2.45, 2.75) is 25.8 Å². The first-order valence-electron chi connectivity index (χ1n) is 7.86. The van der Waals surface area contributed by atoms with E-state index in [0.29, 0.717) is 38.2 Å². The molecule has 0 radical (unpaired) electrons. The molecule has 0 aliphatic carbocycles. The Morgan fingerprint density at radius 3 is 2.62 bits per heavy atom. The fourth-order valence-corrected chi connectivity index (χ4v) is 2.52. The van der Waals surface area contributed by atoms with Gasteiger partial charge in [-0.3, -0.25) is 0 Å². The smallest absolute Gasteiger partial charge is 0.409 e. The van der Waals surface area contributed by atoms with E-state index in [4.69, 9.17) is 9.47 Å². The Hall–Kier alpha value is -2.51. The maximum atomic E-state index is 13.6. The van der Waals surface area contributed by atoms with Crippen LogP contribution in [0, 0.1) is 5.82 Å². The molecule has 1 aliphatic rings. The molecule has 1 saturated heterocycles. The molecule has 0 aromatic heterocycles. The van der Waals surface area contributed by atoms with Gasteiger partial charge in [0.1, 0.15) is 0 Å². The summed E-state index contributed by atoms with van der Waals surface area (Å²) in [6.45, 7) is 3.16. The summed E-state index contributed by atoms with van der Waals surface area (Å²) in [5.74, 6) is -0.426. The molecular formula is C16H22FN3O4. The molecule has 24 heavy (non-hydrogen) atoms. The number of carbonyl (C=O) groups is 2. The number of anilines is 1. The van der Waals surface area contributed by atoms with Gasteiger partial charge in [0.15, 0.2) is 11.6 Å². The first kappa shape index (κ1) is 17.8. The zero-order valence-corrected chi connectivity index (χ0v) is 13.8. The van der Waals surface area contributed by atoms with E-state index in [1.165, 1.54) is 19.2 Å². The molecule has 0 atom stereocenters. The number of rotatable bonds is 4. The quantitative estimate of drug-likeness (QED) is 0.883. The van der Waals surface area contributed by atoms with Gasteiger partial charge in [-0.2, -0.15) is 0 Å². The Bertz CT molecular complexity index is 589. The van der Waals surface area contributed by atoms with Crippen LogP contribution in [0.1, 0.15) is 19.8 Å². The summed E-state index contributed by atoms with van der Waals surface area (Å²) >= 11 is 0. The highest BCUT2D eigenvalue weighted by Gasteiger charge is 2.24. The first-order chi connectivity index (χ1) is 11.5. The second kappa shape index (κ2) is 8.37. The predicted molar refractivity (Wildman–Crippen MR) is 86.7 cm³/mol. The average Bonchev–Trinajstić information content (AvgIpc) is 2.56. The van der Waals surface area contributed by atoms with Crippen molar-refractivity contribution in [1.82, 2.24) is 10.2 Å². The van der Waals surface area contributed by atoms with E-state index in [-0.39, 0.29) is 17.9 Å². The van der Waals surface area contributed by atoms with Crippen LogP contribution in [0.4, 0.5) is 19.7 Å². The summed E-state index contributed by atoms with van der Waals surface area (Å²) in [6.07, 6.45) is 0.959. The average molecular weight is 339 g/mol.